The first kappa shape index (κ1) is 16.6. The van der Waals surface area contributed by atoms with E-state index in [1.54, 1.807) is 20.7 Å². The molecule has 1 aromatic carbocycles. The van der Waals surface area contributed by atoms with Crippen LogP contribution in [0.4, 0.5) is 0 Å². The molecular formula is C18H20N4O4. The van der Waals surface area contributed by atoms with Crippen LogP contribution in [0.25, 0.3) is 10.9 Å². The van der Waals surface area contributed by atoms with Gasteiger partial charge in [-0.3, -0.25) is 19.1 Å². The number of aliphatic carboxylic acids is 1. The van der Waals surface area contributed by atoms with Gasteiger partial charge in [0.15, 0.2) is 0 Å². The van der Waals surface area contributed by atoms with E-state index >= 15 is 0 Å². The van der Waals surface area contributed by atoms with Gasteiger partial charge in [-0.1, -0.05) is 18.2 Å². The minimum absolute atomic E-state index is 0.0757. The van der Waals surface area contributed by atoms with Crippen molar-refractivity contribution in [3.63, 3.8) is 0 Å². The quantitative estimate of drug-likeness (QED) is 0.860. The summed E-state index contributed by atoms with van der Waals surface area (Å²) in [6.45, 7) is 2.56. The summed E-state index contributed by atoms with van der Waals surface area (Å²) < 4.78 is 1.64. The first-order valence-corrected chi connectivity index (χ1v) is 8.58. The van der Waals surface area contributed by atoms with Crippen molar-refractivity contribution < 1.29 is 19.5 Å². The smallest absolute Gasteiger partial charge is 0.313 e. The summed E-state index contributed by atoms with van der Waals surface area (Å²) in [5.41, 5.74) is -0.191. The number of amides is 2. The molecule has 3 heterocycles. The molecule has 0 spiro atoms. The number of hydrogen-bond acceptors (Lipinski definition) is 4. The summed E-state index contributed by atoms with van der Waals surface area (Å²) in [7, 11) is 0. The molecule has 8 nitrogen and oxygen atoms in total. The van der Waals surface area contributed by atoms with E-state index < -0.39 is 11.4 Å². The highest BCUT2D eigenvalue weighted by atomic mass is 16.4. The van der Waals surface area contributed by atoms with Crippen LogP contribution < -0.4 is 0 Å². The summed E-state index contributed by atoms with van der Waals surface area (Å²) in [6.07, 6.45) is 1.71. The van der Waals surface area contributed by atoms with Crippen LogP contribution in [0.3, 0.4) is 0 Å². The van der Waals surface area contributed by atoms with E-state index in [0.29, 0.717) is 13.1 Å². The summed E-state index contributed by atoms with van der Waals surface area (Å²) in [5.74, 6) is -1.45. The molecule has 2 amide bonds. The Kier molecular flexibility index (Phi) is 3.71. The number of carboxylic acids is 1. The van der Waals surface area contributed by atoms with Crippen LogP contribution in [0.1, 0.15) is 6.92 Å². The Balaban J connectivity index is 1.52. The maximum absolute atomic E-state index is 12.8. The average Bonchev–Trinajstić information content (AvgIpc) is 3.25. The number of aromatic nitrogens is 2. The van der Waals surface area contributed by atoms with E-state index in [0.717, 1.165) is 10.9 Å². The van der Waals surface area contributed by atoms with Crippen LogP contribution in [0.15, 0.2) is 30.5 Å². The number of para-hydroxylation sites is 1. The number of carbonyl (C=O) groups excluding carboxylic acids is 2. The lowest BCUT2D eigenvalue weighted by Gasteiger charge is -2.25. The van der Waals surface area contributed by atoms with E-state index in [1.807, 2.05) is 24.3 Å². The van der Waals surface area contributed by atoms with E-state index in [1.165, 1.54) is 6.92 Å². The van der Waals surface area contributed by atoms with Crippen molar-refractivity contribution >= 4 is 28.7 Å². The second kappa shape index (κ2) is 5.82. The van der Waals surface area contributed by atoms with E-state index in [2.05, 4.69) is 5.10 Å². The highest BCUT2D eigenvalue weighted by Gasteiger charge is 2.59. The molecule has 0 saturated carbocycles. The van der Waals surface area contributed by atoms with Crippen molar-refractivity contribution in [3.05, 3.63) is 30.5 Å². The van der Waals surface area contributed by atoms with Crippen molar-refractivity contribution in [1.29, 1.82) is 0 Å². The molecule has 4 rings (SSSR count). The number of nitrogens with zero attached hydrogens (tertiary/aromatic N) is 4. The Labute approximate surface area is 150 Å². The largest absolute Gasteiger partial charge is 0.481 e. The number of fused-ring (bicyclic) bond motifs is 2. The van der Waals surface area contributed by atoms with Gasteiger partial charge in [0.05, 0.1) is 11.7 Å². The van der Waals surface area contributed by atoms with Gasteiger partial charge in [0.1, 0.15) is 12.0 Å². The molecular weight excluding hydrogens is 336 g/mol. The molecule has 2 saturated heterocycles. The molecule has 0 aliphatic carbocycles. The second-order valence-electron chi connectivity index (χ2n) is 7.19. The molecule has 1 N–H and O–H groups in total. The molecule has 2 aliphatic rings. The van der Waals surface area contributed by atoms with Crippen molar-refractivity contribution in [3.8, 4) is 0 Å². The Hall–Kier alpha value is -2.90. The highest BCUT2D eigenvalue weighted by molar-refractivity contribution is 5.85. The third-order valence-electron chi connectivity index (χ3n) is 5.67. The number of likely N-dealkylation sites (tertiary alicyclic amines) is 2. The SMILES string of the molecule is CC(=O)N1C[C@H]2CN(C(=O)Cn3ncc4ccccc43)C[C@@]2(C(=O)O)C1. The number of carboxylic acid groups (broad SMARTS) is 1. The Bertz CT molecular complexity index is 907. The van der Waals surface area contributed by atoms with Crippen molar-refractivity contribution in [2.24, 2.45) is 11.3 Å². The van der Waals surface area contributed by atoms with Crippen LogP contribution in [-0.4, -0.2) is 68.6 Å². The van der Waals surface area contributed by atoms with Crippen molar-refractivity contribution in [2.45, 2.75) is 13.5 Å². The predicted octanol–water partition coefficient (Wildman–Crippen LogP) is 0.428. The van der Waals surface area contributed by atoms with Gasteiger partial charge >= 0.3 is 5.97 Å². The normalized spacial score (nSPS) is 24.9. The minimum atomic E-state index is -1.06. The molecule has 2 aliphatic heterocycles. The molecule has 2 fully saturated rings. The summed E-state index contributed by atoms with van der Waals surface area (Å²) >= 11 is 0. The molecule has 136 valence electrons. The van der Waals surface area contributed by atoms with Crippen molar-refractivity contribution in [2.75, 3.05) is 26.2 Å². The van der Waals surface area contributed by atoms with E-state index in [-0.39, 0.29) is 37.4 Å². The number of benzene rings is 1. The maximum atomic E-state index is 12.8. The minimum Gasteiger partial charge on any atom is -0.481 e. The Morgan fingerprint density at radius 2 is 1.88 bits per heavy atom. The van der Waals surface area contributed by atoms with Crippen LogP contribution >= 0.6 is 0 Å². The lowest BCUT2D eigenvalue weighted by Crippen LogP contribution is -2.43. The first-order valence-electron chi connectivity index (χ1n) is 8.58. The molecule has 0 bridgehead atoms. The standard InChI is InChI=1S/C18H20N4O4/c1-12(23)20-7-14-8-21(11-18(14,10-20)17(25)26)16(24)9-22-15-5-3-2-4-13(15)6-19-22/h2-6,14H,7-11H2,1H3,(H,25,26)/t14-,18-/m0/s1. The fourth-order valence-corrected chi connectivity index (χ4v) is 4.18. The third-order valence-corrected chi connectivity index (χ3v) is 5.67. The molecule has 8 heteroatoms. The van der Waals surface area contributed by atoms with E-state index in [9.17, 15) is 19.5 Å². The summed E-state index contributed by atoms with van der Waals surface area (Å²) in [4.78, 5) is 39.5. The lowest BCUT2D eigenvalue weighted by atomic mass is 9.81. The number of hydrogen-bond donors (Lipinski definition) is 1. The average molecular weight is 356 g/mol. The van der Waals surface area contributed by atoms with Crippen LogP contribution in [0.2, 0.25) is 0 Å². The zero-order valence-corrected chi connectivity index (χ0v) is 14.5. The van der Waals surface area contributed by atoms with E-state index in [4.69, 9.17) is 0 Å². The van der Waals surface area contributed by atoms with Gasteiger partial charge < -0.3 is 14.9 Å². The molecule has 2 aromatic rings. The zero-order valence-electron chi connectivity index (χ0n) is 14.5. The summed E-state index contributed by atoms with van der Waals surface area (Å²) in [6, 6.07) is 7.63. The monoisotopic (exact) mass is 356 g/mol. The fourth-order valence-electron chi connectivity index (χ4n) is 4.18. The van der Waals surface area contributed by atoms with Gasteiger partial charge in [-0.15, -0.1) is 0 Å². The van der Waals surface area contributed by atoms with Crippen LogP contribution in [-0.2, 0) is 20.9 Å². The number of carbonyl (C=O) groups is 3. The highest BCUT2D eigenvalue weighted by Crippen LogP contribution is 2.43. The van der Waals surface area contributed by atoms with Gasteiger partial charge in [0.2, 0.25) is 11.8 Å². The maximum Gasteiger partial charge on any atom is 0.313 e. The third kappa shape index (κ3) is 2.44. The van der Waals surface area contributed by atoms with Crippen LogP contribution in [0, 0.1) is 11.3 Å². The van der Waals surface area contributed by atoms with Gasteiger partial charge in [0, 0.05) is 44.4 Å². The second-order valence-corrected chi connectivity index (χ2v) is 7.19. The van der Waals surface area contributed by atoms with Crippen LogP contribution in [0.5, 0.6) is 0 Å². The first-order chi connectivity index (χ1) is 12.4. The number of rotatable bonds is 3. The lowest BCUT2D eigenvalue weighted by molar-refractivity contribution is -0.149. The predicted molar refractivity (Wildman–Crippen MR) is 92.1 cm³/mol. The molecule has 2 atom stereocenters. The van der Waals surface area contributed by atoms with Crippen molar-refractivity contribution in [1.82, 2.24) is 19.6 Å². The summed E-state index contributed by atoms with van der Waals surface area (Å²) in [5, 5.41) is 15.0. The molecule has 26 heavy (non-hydrogen) atoms. The Morgan fingerprint density at radius 1 is 1.19 bits per heavy atom. The van der Waals surface area contributed by atoms with Gasteiger partial charge in [-0.2, -0.15) is 5.10 Å². The molecule has 0 unspecified atom stereocenters. The van der Waals surface area contributed by atoms with Gasteiger partial charge in [0.25, 0.3) is 0 Å². The van der Waals surface area contributed by atoms with Gasteiger partial charge in [-0.05, 0) is 6.07 Å². The van der Waals surface area contributed by atoms with Gasteiger partial charge in [-0.25, -0.2) is 0 Å². The molecule has 1 aromatic heterocycles. The zero-order chi connectivity index (χ0) is 18.5. The fraction of sp³-hybridized carbons (Fsp3) is 0.444. The topological polar surface area (TPSA) is 95.7 Å². The Morgan fingerprint density at radius 3 is 2.58 bits per heavy atom. The molecule has 0 radical (unpaired) electrons.